The number of aromatic nitrogens is 2. The topological polar surface area (TPSA) is 291 Å². The van der Waals surface area contributed by atoms with Crippen LogP contribution in [0.2, 0.25) is 0 Å². The largest absolute Gasteiger partial charge is 3.00 e. The summed E-state index contributed by atoms with van der Waals surface area (Å²) in [5.41, 5.74) is 2.90. The van der Waals surface area contributed by atoms with E-state index in [-0.39, 0.29) is 22.5 Å². The molecule has 3 rings (SSSR count). The van der Waals surface area contributed by atoms with Gasteiger partial charge in [-0.1, -0.05) is 30.3 Å². The van der Waals surface area contributed by atoms with Gasteiger partial charge in [-0.2, -0.15) is 5.26 Å². The summed E-state index contributed by atoms with van der Waals surface area (Å²) in [4.78, 5) is 11.0. The first kappa shape index (κ1) is 40.0. The predicted molar refractivity (Wildman–Crippen MR) is 106 cm³/mol. The molecule has 0 aliphatic rings. The Morgan fingerprint density at radius 3 is 1.39 bits per heavy atom. The summed E-state index contributed by atoms with van der Waals surface area (Å²) in [6.45, 7) is 3.47. The van der Waals surface area contributed by atoms with E-state index in [4.69, 9.17) is 42.5 Å². The van der Waals surface area contributed by atoms with Crippen LogP contribution in [0, 0.1) is 31.8 Å². The van der Waals surface area contributed by atoms with E-state index in [1.54, 1.807) is 24.5 Å². The Morgan fingerprint density at radius 2 is 1.08 bits per heavy atom. The van der Waals surface area contributed by atoms with Crippen LogP contribution in [0.1, 0.15) is 23.9 Å². The van der Waals surface area contributed by atoms with Gasteiger partial charge in [0, 0.05) is 44.5 Å². The molecular weight excluding hydrogens is 595 g/mol. The zero-order valence-electron chi connectivity index (χ0n) is 19.7. The van der Waals surface area contributed by atoms with Gasteiger partial charge in [-0.05, 0) is 30.3 Å². The van der Waals surface area contributed by atoms with Gasteiger partial charge in [-0.3, -0.25) is 14.9 Å². The molecule has 0 aliphatic carbocycles. The van der Waals surface area contributed by atoms with Gasteiger partial charge in [0.25, 0.3) is 0 Å². The quantitative estimate of drug-likeness (QED) is 0.198. The van der Waals surface area contributed by atoms with E-state index in [9.17, 15) is 5.11 Å². The molecule has 2 heterocycles. The van der Waals surface area contributed by atoms with Crippen LogP contribution in [-0.4, -0.2) is 20.0 Å². The van der Waals surface area contributed by atoms with E-state index >= 15 is 0 Å². The molecule has 0 amide bonds. The summed E-state index contributed by atoms with van der Waals surface area (Å²) in [6.07, 6.45) is 3.60. The molecule has 0 bridgehead atoms. The molecule has 4 N–H and O–H groups in total. The molecular formula is C21H25Cl2FeN4O10+2. The average Bonchev–Trinajstić information content (AvgIpc) is 2.75. The Hall–Kier alpha value is -2.49. The Morgan fingerprint density at radius 1 is 0.737 bits per heavy atom. The summed E-state index contributed by atoms with van der Waals surface area (Å²) >= 11 is 0. The molecule has 1 aromatic carbocycles. The van der Waals surface area contributed by atoms with Crippen LogP contribution in [-0.2, 0) is 42.2 Å². The minimum Gasteiger partial charge on any atom is -0.508 e. The predicted octanol–water partition coefficient (Wildman–Crippen LogP) is -6.52. The van der Waals surface area contributed by atoms with Crippen molar-refractivity contribution in [2.45, 2.75) is 26.6 Å². The minimum absolute atomic E-state index is 0. The maximum atomic E-state index is 10.0. The molecule has 14 nitrogen and oxygen atoms in total. The van der Waals surface area contributed by atoms with Crippen molar-refractivity contribution in [3.8, 4) is 11.8 Å². The van der Waals surface area contributed by atoms with Gasteiger partial charge in [0.1, 0.15) is 5.75 Å². The summed E-state index contributed by atoms with van der Waals surface area (Å²) in [5, 5.41) is 17.4. The summed E-state index contributed by atoms with van der Waals surface area (Å²) < 4.78 is 67.9. The number of benzene rings is 1. The van der Waals surface area contributed by atoms with Crippen molar-refractivity contribution in [2.75, 3.05) is 0 Å². The van der Waals surface area contributed by atoms with E-state index in [2.05, 4.69) is 14.9 Å². The third-order valence-electron chi connectivity index (χ3n) is 3.61. The van der Waals surface area contributed by atoms with Gasteiger partial charge in [-0.25, -0.2) is 37.3 Å². The second kappa shape index (κ2) is 21.4. The summed E-state index contributed by atoms with van der Waals surface area (Å²) in [7, 11) is -9.89. The number of nitrogens with zero attached hydrogens (tertiary/aromatic N) is 4. The van der Waals surface area contributed by atoms with Crippen LogP contribution in [0.4, 0.5) is 0 Å². The first-order valence-corrected chi connectivity index (χ1v) is 12.0. The van der Waals surface area contributed by atoms with Crippen molar-refractivity contribution in [3.05, 3.63) is 90.0 Å². The fourth-order valence-corrected chi connectivity index (χ4v) is 2.49. The molecule has 3 aromatic rings. The zero-order chi connectivity index (χ0) is 27.6. The first-order chi connectivity index (χ1) is 16.7. The number of phenolic OH excluding ortho intramolecular Hbond substituents is 1. The summed E-state index contributed by atoms with van der Waals surface area (Å²) in [6, 6.07) is 21.0. The number of nitriles is 1. The Kier molecular flexibility index (Phi) is 22.6. The molecule has 0 spiro atoms. The second-order valence-electron chi connectivity index (χ2n) is 6.40. The zero-order valence-corrected chi connectivity index (χ0v) is 22.4. The third-order valence-corrected chi connectivity index (χ3v) is 3.61. The van der Waals surface area contributed by atoms with E-state index in [1.807, 2.05) is 54.6 Å². The van der Waals surface area contributed by atoms with Gasteiger partial charge in [0.05, 0.1) is 17.5 Å². The number of phenols is 1. The van der Waals surface area contributed by atoms with E-state index in [0.717, 1.165) is 17.0 Å². The van der Waals surface area contributed by atoms with Crippen molar-refractivity contribution in [2.24, 2.45) is 0 Å². The number of hydrogen-bond donors (Lipinski definition) is 1. The molecule has 0 atom stereocenters. The number of aromatic hydroxyl groups is 1. The maximum absolute atomic E-state index is 10.0. The molecule has 17 heteroatoms. The van der Waals surface area contributed by atoms with Crippen molar-refractivity contribution in [1.82, 2.24) is 14.9 Å². The van der Waals surface area contributed by atoms with Crippen molar-refractivity contribution in [3.63, 3.8) is 0 Å². The fourth-order valence-electron chi connectivity index (χ4n) is 2.49. The van der Waals surface area contributed by atoms with E-state index in [0.29, 0.717) is 25.4 Å². The smallest absolute Gasteiger partial charge is 0.508 e. The minimum atomic E-state index is -4.94. The van der Waals surface area contributed by atoms with Crippen LogP contribution in [0.5, 0.6) is 5.75 Å². The first-order valence-electron chi connectivity index (χ1n) is 9.56. The third kappa shape index (κ3) is 26.6. The van der Waals surface area contributed by atoms with E-state index in [1.165, 1.54) is 6.92 Å². The molecule has 0 saturated heterocycles. The van der Waals surface area contributed by atoms with Crippen LogP contribution in [0.3, 0.4) is 0 Å². The molecule has 209 valence electrons. The molecule has 0 aliphatic heterocycles. The van der Waals surface area contributed by atoms with Crippen LogP contribution in [0.15, 0.2) is 73.1 Å². The standard InChI is InChI=1S/C19H19N3O.C2H3N.2ClHO4.Fe.H2O/c23-19-10-2-1-7-16(19)13-22(14-17-8-3-5-11-20-17)15-18-9-4-6-12-21-18;1-2-3;2*2-1(3,4)5;;/h1-12,23H,13-15H2;1H3;2*(H,2,3,4,5);;1H2/q;;;;+3;/p-1. The normalized spacial score (nSPS) is 9.92. The molecule has 0 fully saturated rings. The van der Waals surface area contributed by atoms with Gasteiger partial charge in [-0.15, -0.1) is 20.5 Å². The van der Waals surface area contributed by atoms with Crippen molar-refractivity contribution in [1.29, 1.82) is 5.26 Å². The molecule has 0 unspecified atom stereocenters. The number of pyridine rings is 2. The summed E-state index contributed by atoms with van der Waals surface area (Å²) in [5.74, 6) is 0.319. The number of rotatable bonds is 6. The van der Waals surface area contributed by atoms with Crippen LogP contribution < -0.4 is 37.3 Å². The fraction of sp³-hybridized carbons (Fsp3) is 0.190. The molecule has 2 aromatic heterocycles. The van der Waals surface area contributed by atoms with Crippen LogP contribution in [0.25, 0.3) is 0 Å². The number of halogens is 2. The van der Waals surface area contributed by atoms with Crippen molar-refractivity contribution >= 4 is 0 Å². The SMILES string of the molecule is CC#N.Oc1ccccc1CN(Cc1ccccn1)Cc1ccccn1.[Fe+3].[O-][Cl+3]([O-])([O-])[O-].[O-][Cl+3]([O-])([O-])[O-].[OH3+]. The molecule has 0 saturated carbocycles. The average molecular weight is 620 g/mol. The molecule has 38 heavy (non-hydrogen) atoms. The van der Waals surface area contributed by atoms with Gasteiger partial charge in [0.15, 0.2) is 0 Å². The molecule has 1 radical (unpaired) electrons. The van der Waals surface area contributed by atoms with Gasteiger partial charge >= 0.3 is 17.1 Å². The van der Waals surface area contributed by atoms with E-state index < -0.39 is 20.5 Å². The Bertz CT molecular complexity index is 959. The number of para-hydroxylation sites is 1. The van der Waals surface area contributed by atoms with Crippen molar-refractivity contribution < 1.29 is 85.4 Å². The van der Waals surface area contributed by atoms with Crippen LogP contribution >= 0.6 is 0 Å². The van der Waals surface area contributed by atoms with Gasteiger partial charge in [0.2, 0.25) is 0 Å². The Balaban J connectivity index is -0.000000688. The van der Waals surface area contributed by atoms with Gasteiger partial charge < -0.3 is 10.6 Å². The monoisotopic (exact) mass is 619 g/mol. The number of hydrogen-bond acceptors (Lipinski definition) is 13. The second-order valence-corrected chi connectivity index (χ2v) is 7.91. The maximum Gasteiger partial charge on any atom is 3.00 e. The Labute approximate surface area is 233 Å².